The molecule has 0 unspecified atom stereocenters. The van der Waals surface area contributed by atoms with Crippen molar-refractivity contribution >= 4 is 27.5 Å². The standard InChI is InChI=1S/C13H16BrClN4/c1-3-4-16-6-10-5-11(14)7-17-13(10)19-8-12(15)9(2)18-19/h5,7-8,16H,3-4,6H2,1-2H3. The Morgan fingerprint density at radius 2 is 2.26 bits per heavy atom. The maximum atomic E-state index is 6.05. The van der Waals surface area contributed by atoms with E-state index in [0.717, 1.165) is 41.1 Å². The molecule has 1 N–H and O–H groups in total. The van der Waals surface area contributed by atoms with E-state index in [-0.39, 0.29) is 0 Å². The fraction of sp³-hybridized carbons (Fsp3) is 0.385. The summed E-state index contributed by atoms with van der Waals surface area (Å²) in [6.07, 6.45) is 4.66. The first-order valence-electron chi connectivity index (χ1n) is 6.19. The molecule has 0 aliphatic rings. The Hall–Kier alpha value is -0.910. The molecule has 2 aromatic rings. The van der Waals surface area contributed by atoms with E-state index in [0.29, 0.717) is 5.02 Å². The number of pyridine rings is 1. The van der Waals surface area contributed by atoms with Gasteiger partial charge >= 0.3 is 0 Å². The lowest BCUT2D eigenvalue weighted by atomic mass is 10.2. The lowest BCUT2D eigenvalue weighted by Crippen LogP contribution is -2.16. The van der Waals surface area contributed by atoms with E-state index in [9.17, 15) is 0 Å². The Morgan fingerprint density at radius 3 is 2.89 bits per heavy atom. The van der Waals surface area contributed by atoms with Gasteiger partial charge in [0.25, 0.3) is 0 Å². The number of nitrogens with one attached hydrogen (secondary N) is 1. The summed E-state index contributed by atoms with van der Waals surface area (Å²) < 4.78 is 2.69. The van der Waals surface area contributed by atoms with Crippen molar-refractivity contribution in [2.75, 3.05) is 6.54 Å². The van der Waals surface area contributed by atoms with E-state index in [4.69, 9.17) is 11.6 Å². The smallest absolute Gasteiger partial charge is 0.157 e. The molecule has 2 rings (SSSR count). The van der Waals surface area contributed by atoms with Crippen LogP contribution in [-0.4, -0.2) is 21.3 Å². The van der Waals surface area contributed by atoms with Crippen LogP contribution >= 0.6 is 27.5 Å². The monoisotopic (exact) mass is 342 g/mol. The molecule has 0 radical (unpaired) electrons. The lowest BCUT2D eigenvalue weighted by molar-refractivity contribution is 0.666. The molecule has 0 amide bonds. The molecule has 0 bridgehead atoms. The minimum absolute atomic E-state index is 0.650. The average Bonchev–Trinajstić information content (AvgIpc) is 2.70. The van der Waals surface area contributed by atoms with Crippen LogP contribution in [0.1, 0.15) is 24.6 Å². The number of rotatable bonds is 5. The molecule has 4 nitrogen and oxygen atoms in total. The molecule has 0 atom stereocenters. The Morgan fingerprint density at radius 1 is 1.47 bits per heavy atom. The second kappa shape index (κ2) is 6.50. The summed E-state index contributed by atoms with van der Waals surface area (Å²) in [5.41, 5.74) is 1.89. The summed E-state index contributed by atoms with van der Waals surface area (Å²) in [6, 6.07) is 2.05. The molecule has 6 heteroatoms. The third-order valence-electron chi connectivity index (χ3n) is 2.71. The van der Waals surface area contributed by atoms with Gasteiger partial charge in [-0.3, -0.25) is 0 Å². The molecular weight excluding hydrogens is 328 g/mol. The van der Waals surface area contributed by atoms with Crippen LogP contribution in [0.15, 0.2) is 22.9 Å². The highest BCUT2D eigenvalue weighted by molar-refractivity contribution is 9.10. The van der Waals surface area contributed by atoms with Crippen LogP contribution in [0.25, 0.3) is 5.82 Å². The van der Waals surface area contributed by atoms with E-state index >= 15 is 0 Å². The van der Waals surface area contributed by atoms with E-state index in [1.807, 2.05) is 6.92 Å². The first-order valence-corrected chi connectivity index (χ1v) is 7.36. The van der Waals surface area contributed by atoms with Gasteiger partial charge in [0.05, 0.1) is 16.9 Å². The third-order valence-corrected chi connectivity index (χ3v) is 3.51. The van der Waals surface area contributed by atoms with Crippen molar-refractivity contribution in [2.24, 2.45) is 0 Å². The maximum Gasteiger partial charge on any atom is 0.157 e. The summed E-state index contributed by atoms with van der Waals surface area (Å²) in [4.78, 5) is 4.44. The fourth-order valence-corrected chi connectivity index (χ4v) is 2.27. The zero-order valence-electron chi connectivity index (χ0n) is 11.0. The predicted octanol–water partition coefficient (Wildman–Crippen LogP) is 3.49. The zero-order valence-corrected chi connectivity index (χ0v) is 13.3. The number of hydrogen-bond acceptors (Lipinski definition) is 3. The largest absolute Gasteiger partial charge is 0.313 e. The quantitative estimate of drug-likeness (QED) is 0.845. The summed E-state index contributed by atoms with van der Waals surface area (Å²) in [5.74, 6) is 0.807. The Bertz CT molecular complexity index is 548. The van der Waals surface area contributed by atoms with Crippen LogP contribution in [0.4, 0.5) is 0 Å². The van der Waals surface area contributed by atoms with Crippen molar-refractivity contribution in [2.45, 2.75) is 26.8 Å². The molecule has 0 saturated heterocycles. The van der Waals surface area contributed by atoms with Gasteiger partial charge in [0.2, 0.25) is 0 Å². The Labute approximate surface area is 126 Å². The molecule has 0 aliphatic carbocycles. The highest BCUT2D eigenvalue weighted by atomic mass is 79.9. The van der Waals surface area contributed by atoms with Crippen LogP contribution in [0, 0.1) is 6.92 Å². The second-order valence-electron chi connectivity index (χ2n) is 4.32. The van der Waals surface area contributed by atoms with E-state index in [2.05, 4.69) is 44.3 Å². The first-order chi connectivity index (χ1) is 9.11. The summed E-state index contributed by atoms with van der Waals surface area (Å²) >= 11 is 9.51. The normalized spacial score (nSPS) is 10.9. The van der Waals surface area contributed by atoms with Gasteiger partial charge in [-0.15, -0.1) is 0 Å². The molecule has 2 heterocycles. The number of hydrogen-bond donors (Lipinski definition) is 1. The van der Waals surface area contributed by atoms with Crippen molar-refractivity contribution < 1.29 is 0 Å². The number of aryl methyl sites for hydroxylation is 1. The Kier molecular flexibility index (Phi) is 4.96. The highest BCUT2D eigenvalue weighted by Crippen LogP contribution is 2.20. The van der Waals surface area contributed by atoms with Crippen LogP contribution < -0.4 is 5.32 Å². The van der Waals surface area contributed by atoms with Gasteiger partial charge in [0.15, 0.2) is 5.82 Å². The van der Waals surface area contributed by atoms with Gasteiger partial charge in [-0.1, -0.05) is 18.5 Å². The van der Waals surface area contributed by atoms with Gasteiger partial charge in [-0.2, -0.15) is 5.10 Å². The lowest BCUT2D eigenvalue weighted by Gasteiger charge is -2.10. The van der Waals surface area contributed by atoms with Crippen molar-refractivity contribution in [1.29, 1.82) is 0 Å². The van der Waals surface area contributed by atoms with Gasteiger partial charge < -0.3 is 5.32 Å². The molecule has 0 aromatic carbocycles. The SMILES string of the molecule is CCCNCc1cc(Br)cnc1-n1cc(Cl)c(C)n1. The van der Waals surface area contributed by atoms with Gasteiger partial charge in [0.1, 0.15) is 0 Å². The highest BCUT2D eigenvalue weighted by Gasteiger charge is 2.10. The number of halogens is 2. The molecule has 19 heavy (non-hydrogen) atoms. The van der Waals surface area contributed by atoms with Crippen LogP contribution in [-0.2, 0) is 6.54 Å². The summed E-state index contributed by atoms with van der Waals surface area (Å²) in [5, 5.41) is 8.40. The van der Waals surface area contributed by atoms with Crippen molar-refractivity contribution in [3.8, 4) is 5.82 Å². The van der Waals surface area contributed by atoms with Crippen molar-refractivity contribution in [1.82, 2.24) is 20.1 Å². The van der Waals surface area contributed by atoms with Gasteiger partial charge in [0, 0.05) is 22.8 Å². The molecule has 2 aromatic heterocycles. The van der Waals surface area contributed by atoms with Gasteiger partial charge in [-0.05, 0) is 41.9 Å². The van der Waals surface area contributed by atoms with E-state index in [1.165, 1.54) is 0 Å². The maximum absolute atomic E-state index is 6.05. The average molecular weight is 344 g/mol. The Balaban J connectivity index is 2.33. The molecule has 0 fully saturated rings. The zero-order chi connectivity index (χ0) is 13.8. The van der Waals surface area contributed by atoms with E-state index in [1.54, 1.807) is 17.1 Å². The third kappa shape index (κ3) is 3.55. The molecule has 0 aliphatic heterocycles. The minimum atomic E-state index is 0.650. The fourth-order valence-electron chi connectivity index (χ4n) is 1.76. The second-order valence-corrected chi connectivity index (χ2v) is 5.64. The molecule has 102 valence electrons. The van der Waals surface area contributed by atoms with Crippen LogP contribution in [0.2, 0.25) is 5.02 Å². The van der Waals surface area contributed by atoms with Crippen LogP contribution in [0.3, 0.4) is 0 Å². The van der Waals surface area contributed by atoms with Crippen molar-refractivity contribution in [3.63, 3.8) is 0 Å². The predicted molar refractivity (Wildman–Crippen MR) is 80.8 cm³/mol. The number of aromatic nitrogens is 3. The minimum Gasteiger partial charge on any atom is -0.313 e. The first kappa shape index (κ1) is 14.5. The molecule has 0 spiro atoms. The topological polar surface area (TPSA) is 42.7 Å². The van der Waals surface area contributed by atoms with E-state index < -0.39 is 0 Å². The molecule has 0 saturated carbocycles. The van der Waals surface area contributed by atoms with Crippen LogP contribution in [0.5, 0.6) is 0 Å². The summed E-state index contributed by atoms with van der Waals surface area (Å²) in [7, 11) is 0. The molecular formula is C13H16BrClN4. The van der Waals surface area contributed by atoms with Gasteiger partial charge in [-0.25, -0.2) is 9.67 Å². The van der Waals surface area contributed by atoms with Crippen molar-refractivity contribution in [3.05, 3.63) is 39.2 Å². The summed E-state index contributed by atoms with van der Waals surface area (Å²) in [6.45, 7) is 5.76. The number of nitrogens with zero attached hydrogens (tertiary/aromatic N) is 3.